The summed E-state index contributed by atoms with van der Waals surface area (Å²) < 4.78 is 34.7. The van der Waals surface area contributed by atoms with Gasteiger partial charge in [0.15, 0.2) is 0 Å². The van der Waals surface area contributed by atoms with Gasteiger partial charge in [-0.3, -0.25) is 14.6 Å². The van der Waals surface area contributed by atoms with Gasteiger partial charge in [-0.2, -0.15) is 0 Å². The topological polar surface area (TPSA) is 142 Å². The summed E-state index contributed by atoms with van der Waals surface area (Å²) >= 11 is 0. The van der Waals surface area contributed by atoms with E-state index in [-0.39, 0.29) is 56.4 Å². The fraction of sp³-hybridized carbons (Fsp3) is 0.891. The molecule has 2 aliphatic rings. The van der Waals surface area contributed by atoms with Crippen molar-refractivity contribution in [3.8, 4) is 0 Å². The molecule has 7 unspecified atom stereocenters. The van der Waals surface area contributed by atoms with E-state index in [0.29, 0.717) is 30.5 Å². The van der Waals surface area contributed by atoms with E-state index in [4.69, 9.17) is 33.2 Å². The Hall–Kier alpha value is -1.18. The number of rotatable bonds is 40. The summed E-state index contributed by atoms with van der Waals surface area (Å²) in [7, 11) is 1.26. The van der Waals surface area contributed by atoms with E-state index >= 15 is 0 Å². The molecule has 346 valence electrons. The van der Waals surface area contributed by atoms with E-state index in [1.54, 1.807) is 0 Å². The number of carbonyl (C=O) groups excluding carboxylic acids is 1. The summed E-state index contributed by atoms with van der Waals surface area (Å²) in [6.07, 6.45) is 34.9. The molecule has 1 saturated heterocycles. The number of quaternary nitrogens is 1. The Labute approximate surface area is 359 Å². The number of hydrogen-bond acceptors (Lipinski definition) is 11. The number of hydrogen-bond donors (Lipinski definition) is 1. The Balaban J connectivity index is 1.69. The first kappa shape index (κ1) is 54.0. The molecule has 0 aromatic rings. The molecular formula is C46H86NO11P. The largest absolute Gasteiger partial charge is 0.756 e. The van der Waals surface area contributed by atoms with Crippen LogP contribution in [0.1, 0.15) is 174 Å². The maximum Gasteiger partial charge on any atom is 0.306 e. The van der Waals surface area contributed by atoms with E-state index in [1.807, 2.05) is 27.2 Å². The fourth-order valence-electron chi connectivity index (χ4n) is 7.75. The van der Waals surface area contributed by atoms with Gasteiger partial charge < -0.3 is 27.9 Å². The van der Waals surface area contributed by atoms with E-state index < -0.39 is 19.9 Å². The van der Waals surface area contributed by atoms with Crippen LogP contribution in [0.5, 0.6) is 0 Å². The van der Waals surface area contributed by atoms with Crippen LogP contribution in [0.15, 0.2) is 24.3 Å². The fourth-order valence-corrected chi connectivity index (χ4v) is 8.48. The van der Waals surface area contributed by atoms with Crippen molar-refractivity contribution in [1.82, 2.24) is 0 Å². The second kappa shape index (κ2) is 33.4. The average molecular weight is 860 g/mol. The lowest BCUT2D eigenvalue weighted by atomic mass is 9.89. The molecule has 1 saturated carbocycles. The molecule has 0 amide bonds. The van der Waals surface area contributed by atoms with Gasteiger partial charge >= 0.3 is 5.97 Å². The van der Waals surface area contributed by atoms with Crippen LogP contribution in [0.3, 0.4) is 0 Å². The van der Waals surface area contributed by atoms with Crippen LogP contribution >= 0.6 is 7.82 Å². The first-order valence-corrected chi connectivity index (χ1v) is 25.1. The highest BCUT2D eigenvalue weighted by atomic mass is 31.2. The molecule has 0 spiro atoms. The molecule has 59 heavy (non-hydrogen) atoms. The first-order chi connectivity index (χ1) is 28.5. The number of allylic oxidation sites excluding steroid dienone is 2. The number of phosphoric acid groups is 1. The van der Waals surface area contributed by atoms with Crippen molar-refractivity contribution >= 4 is 13.8 Å². The van der Waals surface area contributed by atoms with Crippen molar-refractivity contribution in [2.45, 2.75) is 199 Å². The first-order valence-electron chi connectivity index (χ1n) is 23.6. The lowest BCUT2D eigenvalue weighted by Crippen LogP contribution is -2.37. The molecule has 2 rings (SSSR count). The van der Waals surface area contributed by atoms with Gasteiger partial charge in [-0.1, -0.05) is 154 Å². The summed E-state index contributed by atoms with van der Waals surface area (Å²) in [6, 6.07) is 0. The number of phosphoric ester groups is 1. The molecule has 1 heterocycles. The van der Waals surface area contributed by atoms with Gasteiger partial charge in [0.1, 0.15) is 31.5 Å². The molecule has 0 aromatic heterocycles. The van der Waals surface area contributed by atoms with Gasteiger partial charge in [-0.05, 0) is 32.1 Å². The third-order valence-corrected chi connectivity index (χ3v) is 12.4. The van der Waals surface area contributed by atoms with Crippen molar-refractivity contribution in [2.75, 3.05) is 54.1 Å². The molecule has 12 nitrogen and oxygen atoms in total. The lowest BCUT2D eigenvalue weighted by Gasteiger charge is -2.28. The summed E-state index contributed by atoms with van der Waals surface area (Å²) in [5, 5.41) is 9.36. The minimum absolute atomic E-state index is 0.000874. The number of likely N-dealkylation sites (N-methyl/N-ethyl adjacent to an activating group) is 1. The highest BCUT2D eigenvalue weighted by Crippen LogP contribution is 2.45. The van der Waals surface area contributed by atoms with Crippen molar-refractivity contribution in [2.24, 2.45) is 11.8 Å². The van der Waals surface area contributed by atoms with Crippen LogP contribution in [-0.2, 0) is 42.5 Å². The number of unbranched alkanes of at least 4 members (excludes halogenated alkanes) is 18. The summed E-state index contributed by atoms with van der Waals surface area (Å²) in [6.45, 7) is 5.11. The zero-order valence-corrected chi connectivity index (χ0v) is 38.8. The Morgan fingerprint density at radius 2 is 1.37 bits per heavy atom. The standard InChI is InChI=1S/C46H86NO11P/c1-6-8-10-11-12-13-14-15-16-17-18-19-20-21-24-28-35-52-38-41(39-54-59(50,51)53-36-34-47(3,4)5)55-46(48)31-27-23-22-26-30-42-43(45-37-44(42)57-58-45)33-32-40(56-49)29-25-9-7-2/h22,26,32-33,40-45H,6-21,23-25,27-31,34-39H2,1-5H3,(H-,49,50,51)/b26-22-,33-32+. The summed E-state index contributed by atoms with van der Waals surface area (Å²) in [5.41, 5.74) is 0. The van der Waals surface area contributed by atoms with E-state index in [0.717, 1.165) is 51.4 Å². The number of fused-ring (bicyclic) bond motifs is 2. The van der Waals surface area contributed by atoms with E-state index in [9.17, 15) is 19.5 Å². The maximum atomic E-state index is 12.9. The Bertz CT molecular complexity index is 1150. The SMILES string of the molecule is CCCCCCCCCCCCCCCCCCOCC(COP(=O)([O-])OCC[N+](C)(C)C)OC(=O)CCC/C=C\CC1C2CC(OO2)C1/C=C/C(CCCCC)OO. The van der Waals surface area contributed by atoms with Gasteiger partial charge in [0.05, 0.1) is 40.5 Å². The molecule has 7 atom stereocenters. The van der Waals surface area contributed by atoms with Gasteiger partial charge in [0.2, 0.25) is 0 Å². The highest BCUT2D eigenvalue weighted by molar-refractivity contribution is 7.45. The van der Waals surface area contributed by atoms with Crippen LogP contribution in [0.2, 0.25) is 0 Å². The molecule has 1 aliphatic carbocycles. The second-order valence-corrected chi connectivity index (χ2v) is 19.4. The normalized spacial score (nSPS) is 21.5. The molecule has 0 radical (unpaired) electrons. The molecule has 1 aliphatic heterocycles. The molecular weight excluding hydrogens is 773 g/mol. The van der Waals surface area contributed by atoms with Crippen LogP contribution in [-0.4, -0.2) is 94.2 Å². The Kier molecular flexibility index (Phi) is 30.5. The van der Waals surface area contributed by atoms with Crippen molar-refractivity contribution in [1.29, 1.82) is 0 Å². The van der Waals surface area contributed by atoms with Crippen molar-refractivity contribution in [3.63, 3.8) is 0 Å². The minimum atomic E-state index is -4.58. The third kappa shape index (κ3) is 27.5. The minimum Gasteiger partial charge on any atom is -0.756 e. The number of esters is 1. The maximum absolute atomic E-state index is 12.9. The van der Waals surface area contributed by atoms with E-state index in [2.05, 4.69) is 32.1 Å². The highest BCUT2D eigenvalue weighted by Gasteiger charge is 2.49. The molecule has 1 N–H and O–H groups in total. The van der Waals surface area contributed by atoms with Crippen LogP contribution in [0.25, 0.3) is 0 Å². The monoisotopic (exact) mass is 860 g/mol. The van der Waals surface area contributed by atoms with Crippen LogP contribution < -0.4 is 4.89 Å². The number of ether oxygens (including phenoxy) is 2. The Morgan fingerprint density at radius 3 is 1.98 bits per heavy atom. The lowest BCUT2D eigenvalue weighted by molar-refractivity contribution is -0.870. The average Bonchev–Trinajstić information content (AvgIpc) is 3.81. The molecule has 2 bridgehead atoms. The van der Waals surface area contributed by atoms with Crippen LogP contribution in [0.4, 0.5) is 0 Å². The predicted octanol–water partition coefficient (Wildman–Crippen LogP) is 10.8. The summed E-state index contributed by atoms with van der Waals surface area (Å²) in [4.78, 5) is 41.1. The third-order valence-electron chi connectivity index (χ3n) is 11.4. The quantitative estimate of drug-likeness (QED) is 0.0120. The molecule has 2 fully saturated rings. The Morgan fingerprint density at radius 1 is 0.780 bits per heavy atom. The second-order valence-electron chi connectivity index (χ2n) is 18.0. The van der Waals surface area contributed by atoms with Gasteiger partial charge in [-0.25, -0.2) is 14.7 Å². The van der Waals surface area contributed by atoms with Crippen molar-refractivity contribution < 1.29 is 57.2 Å². The van der Waals surface area contributed by atoms with E-state index in [1.165, 1.54) is 89.9 Å². The zero-order valence-electron chi connectivity index (χ0n) is 37.9. The van der Waals surface area contributed by atoms with Crippen molar-refractivity contribution in [3.05, 3.63) is 24.3 Å². The molecule has 0 aromatic carbocycles. The van der Waals surface area contributed by atoms with Gasteiger partial charge in [0, 0.05) is 31.3 Å². The summed E-state index contributed by atoms with van der Waals surface area (Å²) in [5.74, 6) is 0.0120. The predicted molar refractivity (Wildman–Crippen MR) is 232 cm³/mol. The number of carbonyl (C=O) groups is 1. The zero-order chi connectivity index (χ0) is 43.0. The molecule has 13 heteroatoms. The van der Waals surface area contributed by atoms with Gasteiger partial charge in [-0.15, -0.1) is 0 Å². The van der Waals surface area contributed by atoms with Crippen LogP contribution in [0, 0.1) is 11.8 Å². The van der Waals surface area contributed by atoms with Gasteiger partial charge in [0.25, 0.3) is 7.82 Å². The number of nitrogens with zero attached hydrogens (tertiary/aromatic N) is 1. The smallest absolute Gasteiger partial charge is 0.306 e.